The minimum Gasteiger partial charge on any atom is -0.508 e. The van der Waals surface area contributed by atoms with Crippen LogP contribution in [0.15, 0.2) is 59.7 Å². The van der Waals surface area contributed by atoms with E-state index in [1.165, 1.54) is 17.2 Å². The molecule has 10 heteroatoms. The zero-order valence-electron chi connectivity index (χ0n) is 34.0. The largest absolute Gasteiger partial charge is 0.508 e. The van der Waals surface area contributed by atoms with Gasteiger partial charge >= 0.3 is 11.9 Å². The summed E-state index contributed by atoms with van der Waals surface area (Å²) in [4.78, 5) is 41.8. The normalized spacial score (nSPS) is 28.4. The fourth-order valence-electron chi connectivity index (χ4n) is 10.2. The lowest BCUT2D eigenvalue weighted by molar-refractivity contribution is -0.176. The van der Waals surface area contributed by atoms with Crippen molar-refractivity contribution in [2.45, 2.75) is 134 Å². The first-order chi connectivity index (χ1) is 28.4. The van der Waals surface area contributed by atoms with Crippen LogP contribution in [0, 0.1) is 23.7 Å². The number of ether oxygens (including phenoxy) is 2. The van der Waals surface area contributed by atoms with E-state index in [1.54, 1.807) is 13.0 Å². The molecule has 2 aliphatic carbocycles. The number of aryl methyl sites for hydroxylation is 2. The molecule has 3 aromatic rings. The number of ketones is 1. The lowest BCUT2D eigenvalue weighted by atomic mass is 9.66. The Balaban J connectivity index is 1.35. The summed E-state index contributed by atoms with van der Waals surface area (Å²) in [5, 5.41) is 48.4. The molecular formula is C49H55NO9. The molecule has 10 nitrogen and oxygen atoms in total. The lowest BCUT2D eigenvalue weighted by Gasteiger charge is -2.45. The van der Waals surface area contributed by atoms with Crippen molar-refractivity contribution in [3.63, 3.8) is 0 Å². The molecule has 0 aromatic heterocycles. The maximum atomic E-state index is 15.3. The van der Waals surface area contributed by atoms with Crippen LogP contribution in [-0.4, -0.2) is 62.5 Å². The van der Waals surface area contributed by atoms with Gasteiger partial charge in [-0.2, -0.15) is 0 Å². The molecule has 59 heavy (non-hydrogen) atoms. The molecule has 3 aromatic carbocycles. The van der Waals surface area contributed by atoms with E-state index in [1.807, 2.05) is 25.1 Å². The number of benzene rings is 3. The third-order valence-corrected chi connectivity index (χ3v) is 13.4. The number of carbonyl (C=O) groups is 3. The van der Waals surface area contributed by atoms with Gasteiger partial charge in [0.1, 0.15) is 29.0 Å². The molecule has 5 aliphatic rings. The molecule has 5 N–H and O–H groups in total. The number of nitrogens with one attached hydrogen (secondary N) is 1. The Kier molecular flexibility index (Phi) is 11.7. The monoisotopic (exact) mass is 801 g/mol. The molecule has 0 saturated heterocycles. The van der Waals surface area contributed by atoms with Gasteiger partial charge in [0.15, 0.2) is 0 Å². The Morgan fingerprint density at radius 1 is 0.898 bits per heavy atom. The molecule has 0 unspecified atom stereocenters. The number of aliphatic hydroxyl groups excluding tert-OH is 2. The van der Waals surface area contributed by atoms with E-state index in [-0.39, 0.29) is 61.5 Å². The van der Waals surface area contributed by atoms with Crippen molar-refractivity contribution < 1.29 is 44.3 Å². The summed E-state index contributed by atoms with van der Waals surface area (Å²) in [6.07, 6.45) is 3.78. The number of allylic oxidation sites excluding steroid dienone is 1. The van der Waals surface area contributed by atoms with E-state index in [9.17, 15) is 30.0 Å². The fourth-order valence-corrected chi connectivity index (χ4v) is 10.2. The maximum Gasteiger partial charge on any atom is 0.334 e. The first-order valence-corrected chi connectivity index (χ1v) is 21.4. The number of rotatable bonds is 7. The summed E-state index contributed by atoms with van der Waals surface area (Å²) in [5.74, 6) is 4.27. The Morgan fingerprint density at radius 2 is 1.69 bits per heavy atom. The standard InChI is InChI=1S/C49H55NO9/c1-3-14-49(57)39-12-13-43(53)37(19-39)16-29-4-5-31-6-7-32(8-9-33(31)15-29)42-21-34(36-17-30(27-51)18-40(20-36)50-26-28(2)52)10-11-35-24-47(55)58-45-25-44(54)38(22-41(35)45)23-46(49)59-48(42)56/h4-5,15,17-18,20,22,25,28,34-35,37,39,46,50-52,54,57H,3,6-9,12-14,16,19,21,23-24,26-27H2,1-2H3/b42-32-/t28-,34-,35+,37+,39-,46+,49-/m0/s1. The Bertz CT molecular complexity index is 2250. The van der Waals surface area contributed by atoms with Crippen LogP contribution >= 0.6 is 0 Å². The second-order valence-corrected chi connectivity index (χ2v) is 17.5. The van der Waals surface area contributed by atoms with Gasteiger partial charge in [-0.1, -0.05) is 55.0 Å². The van der Waals surface area contributed by atoms with Crippen molar-refractivity contribution in [3.05, 3.63) is 98.6 Å². The molecule has 0 amide bonds. The average molecular weight is 802 g/mol. The number of phenols is 1. The molecule has 8 rings (SSSR count). The first-order valence-electron chi connectivity index (χ1n) is 21.4. The molecule has 1 fully saturated rings. The maximum absolute atomic E-state index is 15.3. The van der Waals surface area contributed by atoms with Crippen LogP contribution in [0.3, 0.4) is 0 Å². The molecule has 0 radical (unpaired) electrons. The number of anilines is 1. The summed E-state index contributed by atoms with van der Waals surface area (Å²) >= 11 is 0. The highest BCUT2D eigenvalue weighted by Crippen LogP contribution is 2.46. The van der Waals surface area contributed by atoms with Crippen molar-refractivity contribution in [2.24, 2.45) is 11.8 Å². The smallest absolute Gasteiger partial charge is 0.334 e. The Morgan fingerprint density at radius 3 is 2.47 bits per heavy atom. The fraction of sp³-hybridized carbons (Fsp3) is 0.490. The highest BCUT2D eigenvalue weighted by Gasteiger charge is 2.49. The third-order valence-electron chi connectivity index (χ3n) is 13.4. The van der Waals surface area contributed by atoms with Crippen molar-refractivity contribution in [1.29, 1.82) is 0 Å². The number of phenolic OH excluding ortho intramolecular Hbond substituents is 1. The predicted octanol–water partition coefficient (Wildman–Crippen LogP) is 6.66. The van der Waals surface area contributed by atoms with E-state index < -0.39 is 41.6 Å². The molecule has 310 valence electrons. The topological polar surface area (TPSA) is 163 Å². The highest BCUT2D eigenvalue weighted by atomic mass is 16.6. The van der Waals surface area contributed by atoms with Gasteiger partial charge in [0, 0.05) is 54.1 Å². The molecular weight excluding hydrogens is 747 g/mol. The number of aliphatic hydroxyl groups is 3. The van der Waals surface area contributed by atoms with Crippen molar-refractivity contribution >= 4 is 23.4 Å². The summed E-state index contributed by atoms with van der Waals surface area (Å²) in [6.45, 7) is 3.71. The molecule has 3 heterocycles. The van der Waals surface area contributed by atoms with Gasteiger partial charge in [0.05, 0.1) is 25.0 Å². The predicted molar refractivity (Wildman–Crippen MR) is 222 cm³/mol. The van der Waals surface area contributed by atoms with Crippen LogP contribution in [0.5, 0.6) is 11.5 Å². The summed E-state index contributed by atoms with van der Waals surface area (Å²) in [6, 6.07) is 15.3. The minimum atomic E-state index is -1.54. The number of hydrogen-bond donors (Lipinski definition) is 5. The number of aromatic hydroxyl groups is 1. The SMILES string of the molecule is CCC[C@]1(O)[C@H]2CCC(=O)[C@H](Cc3ccc4c(c3)CC/C(=C3/C[C@@H](c5cc(CO)cc(NC[C@H](C)O)c5)C#C[C@@H]5CC(=O)Oc6cc(O)c(cc65)C[C@H]1OC3=O)CC4)C2. The number of carbonyl (C=O) groups excluding carboxylic acids is 3. The summed E-state index contributed by atoms with van der Waals surface area (Å²) in [5.41, 5.74) is 6.54. The van der Waals surface area contributed by atoms with Crippen LogP contribution < -0.4 is 10.1 Å². The average Bonchev–Trinajstić information content (AvgIpc) is 3.42. The first kappa shape index (κ1) is 40.8. The number of hydrogen-bond acceptors (Lipinski definition) is 10. The minimum absolute atomic E-state index is 0.00278. The molecule has 7 atom stereocenters. The Hall–Kier alpha value is -4.95. The van der Waals surface area contributed by atoms with Crippen molar-refractivity contribution in [2.75, 3.05) is 11.9 Å². The summed E-state index contributed by atoms with van der Waals surface area (Å²) < 4.78 is 12.4. The van der Waals surface area contributed by atoms with Gasteiger partial charge < -0.3 is 35.2 Å². The Labute approximate surface area is 346 Å². The summed E-state index contributed by atoms with van der Waals surface area (Å²) in [7, 11) is 0. The second-order valence-electron chi connectivity index (χ2n) is 17.5. The van der Waals surface area contributed by atoms with Gasteiger partial charge in [-0.3, -0.25) is 9.59 Å². The van der Waals surface area contributed by atoms with Crippen LogP contribution in [0.1, 0.15) is 122 Å². The quantitative estimate of drug-likeness (QED) is 0.0993. The third kappa shape index (κ3) is 8.57. The van der Waals surface area contributed by atoms with Gasteiger partial charge in [-0.15, -0.1) is 0 Å². The van der Waals surface area contributed by atoms with Crippen molar-refractivity contribution in [3.8, 4) is 23.3 Å². The van der Waals surface area contributed by atoms with Gasteiger partial charge in [0.25, 0.3) is 0 Å². The number of esters is 2. The molecule has 0 spiro atoms. The van der Waals surface area contributed by atoms with Crippen molar-refractivity contribution in [1.82, 2.24) is 0 Å². The van der Waals surface area contributed by atoms with Crippen LogP contribution in [-0.2, 0) is 51.4 Å². The van der Waals surface area contributed by atoms with E-state index in [0.29, 0.717) is 92.2 Å². The zero-order valence-corrected chi connectivity index (χ0v) is 34.0. The zero-order chi connectivity index (χ0) is 41.4. The van der Waals surface area contributed by atoms with Gasteiger partial charge in [0.2, 0.25) is 0 Å². The lowest BCUT2D eigenvalue weighted by Crippen LogP contribution is -2.54. The molecule has 1 saturated carbocycles. The van der Waals surface area contributed by atoms with E-state index in [4.69, 9.17) is 9.47 Å². The van der Waals surface area contributed by atoms with Crippen LogP contribution in [0.2, 0.25) is 0 Å². The van der Waals surface area contributed by atoms with E-state index >= 15 is 4.79 Å². The number of Topliss-reactive ketones (excluding diaryl/α,β-unsaturated/α-hetero) is 1. The molecule has 9 bridgehead atoms. The highest BCUT2D eigenvalue weighted by molar-refractivity contribution is 5.90. The van der Waals surface area contributed by atoms with Crippen LogP contribution in [0.25, 0.3) is 0 Å². The van der Waals surface area contributed by atoms with Gasteiger partial charge in [-0.05, 0) is 122 Å². The number of fused-ring (bicyclic) bond motifs is 9. The molecule has 3 aliphatic heterocycles. The van der Waals surface area contributed by atoms with E-state index in [0.717, 1.165) is 16.7 Å². The van der Waals surface area contributed by atoms with E-state index in [2.05, 4.69) is 35.4 Å². The van der Waals surface area contributed by atoms with Crippen LogP contribution in [0.4, 0.5) is 5.69 Å². The second kappa shape index (κ2) is 17.0. The van der Waals surface area contributed by atoms with Gasteiger partial charge in [-0.25, -0.2) is 4.79 Å².